The number of ether oxygens (including phenoxy) is 2. The molecule has 1 aromatic rings. The second-order valence-electron chi connectivity index (χ2n) is 4.58. The molecule has 0 aliphatic carbocycles. The summed E-state index contributed by atoms with van der Waals surface area (Å²) >= 11 is 0. The number of benzene rings is 1. The number of carbonyl (C=O) groups is 1. The molecule has 1 aliphatic heterocycles. The summed E-state index contributed by atoms with van der Waals surface area (Å²) in [4.78, 5) is 11.9. The fourth-order valence-electron chi connectivity index (χ4n) is 2.08. The predicted molar refractivity (Wildman–Crippen MR) is 73.0 cm³/mol. The Balaban J connectivity index is 1.85. The van der Waals surface area contributed by atoms with E-state index < -0.39 is 0 Å². The molecule has 1 amide bonds. The van der Waals surface area contributed by atoms with Gasteiger partial charge in [0.15, 0.2) is 0 Å². The highest BCUT2D eigenvalue weighted by Gasteiger charge is 2.17. The first-order valence-corrected chi connectivity index (χ1v) is 6.48. The molecule has 2 rings (SSSR count). The van der Waals surface area contributed by atoms with Gasteiger partial charge in [0.1, 0.15) is 0 Å². The normalized spacial score (nSPS) is 19.1. The predicted octanol–water partition coefficient (Wildman–Crippen LogP) is 1.15. The molecule has 1 aromatic carbocycles. The first kappa shape index (κ1) is 14.0. The van der Waals surface area contributed by atoms with Crippen molar-refractivity contribution in [3.05, 3.63) is 29.8 Å². The Morgan fingerprint density at radius 1 is 1.58 bits per heavy atom. The van der Waals surface area contributed by atoms with E-state index in [0.717, 1.165) is 24.3 Å². The molecule has 0 aromatic heterocycles. The van der Waals surface area contributed by atoms with Gasteiger partial charge in [-0.15, -0.1) is 0 Å². The highest BCUT2D eigenvalue weighted by molar-refractivity contribution is 5.91. The largest absolute Gasteiger partial charge is 0.380 e. The van der Waals surface area contributed by atoms with Crippen molar-refractivity contribution in [1.29, 1.82) is 0 Å². The zero-order valence-electron chi connectivity index (χ0n) is 11.1. The van der Waals surface area contributed by atoms with Crippen LogP contribution in [0.25, 0.3) is 0 Å². The topological polar surface area (TPSA) is 59.6 Å². The van der Waals surface area contributed by atoms with Gasteiger partial charge in [0.2, 0.25) is 5.91 Å². The number of carbonyl (C=O) groups excluding carboxylic acids is 1. The van der Waals surface area contributed by atoms with E-state index in [2.05, 4.69) is 10.6 Å². The molecule has 19 heavy (non-hydrogen) atoms. The van der Waals surface area contributed by atoms with E-state index in [1.165, 1.54) is 0 Å². The van der Waals surface area contributed by atoms with Crippen molar-refractivity contribution >= 4 is 11.6 Å². The van der Waals surface area contributed by atoms with Gasteiger partial charge >= 0.3 is 0 Å². The maximum Gasteiger partial charge on any atom is 0.227 e. The molecule has 1 atom stereocenters. The van der Waals surface area contributed by atoms with Crippen LogP contribution in [0.1, 0.15) is 12.0 Å². The van der Waals surface area contributed by atoms with Gasteiger partial charge < -0.3 is 20.1 Å². The Morgan fingerprint density at radius 2 is 2.47 bits per heavy atom. The van der Waals surface area contributed by atoms with E-state index in [1.807, 2.05) is 24.3 Å². The van der Waals surface area contributed by atoms with Crippen LogP contribution in [-0.4, -0.2) is 38.8 Å². The van der Waals surface area contributed by atoms with E-state index in [-0.39, 0.29) is 12.0 Å². The Labute approximate surface area is 113 Å². The monoisotopic (exact) mass is 264 g/mol. The average Bonchev–Trinajstić information content (AvgIpc) is 2.40. The zero-order chi connectivity index (χ0) is 13.5. The fourth-order valence-corrected chi connectivity index (χ4v) is 2.08. The molecule has 5 nitrogen and oxygen atoms in total. The van der Waals surface area contributed by atoms with E-state index in [1.54, 1.807) is 7.11 Å². The summed E-state index contributed by atoms with van der Waals surface area (Å²) in [7, 11) is 1.65. The summed E-state index contributed by atoms with van der Waals surface area (Å²) in [5, 5.41) is 6.09. The number of nitrogens with one attached hydrogen (secondary N) is 2. The summed E-state index contributed by atoms with van der Waals surface area (Å²) in [6.07, 6.45) is 0.345. The van der Waals surface area contributed by atoms with Gasteiger partial charge in [-0.2, -0.15) is 0 Å². The van der Waals surface area contributed by atoms with Crippen molar-refractivity contribution in [1.82, 2.24) is 5.32 Å². The molecule has 5 heteroatoms. The molecule has 1 heterocycles. The Hall–Kier alpha value is -1.43. The van der Waals surface area contributed by atoms with E-state index >= 15 is 0 Å². The van der Waals surface area contributed by atoms with Crippen molar-refractivity contribution in [3.63, 3.8) is 0 Å². The highest BCUT2D eigenvalue weighted by Crippen LogP contribution is 2.12. The van der Waals surface area contributed by atoms with Crippen LogP contribution in [0.3, 0.4) is 0 Å². The van der Waals surface area contributed by atoms with Gasteiger partial charge in [0.25, 0.3) is 0 Å². The number of hydrogen-bond acceptors (Lipinski definition) is 4. The molecule has 0 saturated carbocycles. The minimum Gasteiger partial charge on any atom is -0.380 e. The van der Waals surface area contributed by atoms with Crippen LogP contribution in [0.4, 0.5) is 5.69 Å². The Bertz CT molecular complexity index is 417. The van der Waals surface area contributed by atoms with Crippen molar-refractivity contribution in [2.75, 3.05) is 32.1 Å². The summed E-state index contributed by atoms with van der Waals surface area (Å²) in [5.41, 5.74) is 1.83. The van der Waals surface area contributed by atoms with Crippen LogP contribution in [0.5, 0.6) is 0 Å². The van der Waals surface area contributed by atoms with Gasteiger partial charge in [-0.25, -0.2) is 0 Å². The lowest BCUT2D eigenvalue weighted by Gasteiger charge is -2.23. The Morgan fingerprint density at radius 3 is 3.21 bits per heavy atom. The maximum atomic E-state index is 11.9. The number of rotatable bonds is 5. The van der Waals surface area contributed by atoms with Crippen molar-refractivity contribution < 1.29 is 14.3 Å². The van der Waals surface area contributed by atoms with Crippen molar-refractivity contribution in [3.8, 4) is 0 Å². The molecule has 2 N–H and O–H groups in total. The summed E-state index contributed by atoms with van der Waals surface area (Å²) in [5.74, 6) is -0.0248. The van der Waals surface area contributed by atoms with Gasteiger partial charge in [0, 0.05) is 25.9 Å². The second kappa shape index (κ2) is 7.23. The first-order chi connectivity index (χ1) is 9.28. The molecular weight excluding hydrogens is 244 g/mol. The van der Waals surface area contributed by atoms with Crippen LogP contribution in [-0.2, 0) is 20.9 Å². The van der Waals surface area contributed by atoms with E-state index in [0.29, 0.717) is 19.6 Å². The molecule has 1 aliphatic rings. The van der Waals surface area contributed by atoms with Crippen LogP contribution >= 0.6 is 0 Å². The van der Waals surface area contributed by atoms with Crippen LogP contribution in [0.2, 0.25) is 0 Å². The molecular formula is C14H20N2O3. The third-order valence-corrected chi connectivity index (χ3v) is 2.94. The molecule has 0 bridgehead atoms. The first-order valence-electron chi connectivity index (χ1n) is 6.48. The second-order valence-corrected chi connectivity index (χ2v) is 4.58. The van der Waals surface area contributed by atoms with Crippen LogP contribution in [0, 0.1) is 0 Å². The minimum atomic E-state index is -0.0316. The number of amides is 1. The lowest BCUT2D eigenvalue weighted by Crippen LogP contribution is -2.40. The fraction of sp³-hybridized carbons (Fsp3) is 0.500. The number of methoxy groups -OCH3 is 1. The third-order valence-electron chi connectivity index (χ3n) is 2.94. The third kappa shape index (κ3) is 4.63. The maximum absolute atomic E-state index is 11.9. The lowest BCUT2D eigenvalue weighted by molar-refractivity contribution is -0.119. The molecule has 1 unspecified atom stereocenters. The number of anilines is 1. The van der Waals surface area contributed by atoms with Crippen LogP contribution < -0.4 is 10.6 Å². The molecule has 0 spiro atoms. The summed E-state index contributed by atoms with van der Waals surface area (Å²) < 4.78 is 10.6. The molecule has 1 fully saturated rings. The van der Waals surface area contributed by atoms with Crippen molar-refractivity contribution in [2.45, 2.75) is 19.1 Å². The zero-order valence-corrected chi connectivity index (χ0v) is 11.1. The number of morpholine rings is 1. The number of hydrogen-bond donors (Lipinski definition) is 2. The lowest BCUT2D eigenvalue weighted by atomic mass is 10.2. The minimum absolute atomic E-state index is 0.0248. The van der Waals surface area contributed by atoms with Gasteiger partial charge in [0.05, 0.1) is 25.7 Å². The SMILES string of the molecule is COCc1cccc(NC(=O)CC2CNCCO2)c1. The van der Waals surface area contributed by atoms with Crippen LogP contribution in [0.15, 0.2) is 24.3 Å². The van der Waals surface area contributed by atoms with Gasteiger partial charge in [-0.3, -0.25) is 4.79 Å². The van der Waals surface area contributed by atoms with E-state index in [9.17, 15) is 4.79 Å². The Kier molecular flexibility index (Phi) is 5.32. The van der Waals surface area contributed by atoms with Gasteiger partial charge in [-0.05, 0) is 17.7 Å². The average molecular weight is 264 g/mol. The molecule has 104 valence electrons. The van der Waals surface area contributed by atoms with E-state index in [4.69, 9.17) is 9.47 Å². The molecule has 1 saturated heterocycles. The quantitative estimate of drug-likeness (QED) is 0.837. The molecule has 0 radical (unpaired) electrons. The van der Waals surface area contributed by atoms with Gasteiger partial charge in [-0.1, -0.05) is 12.1 Å². The summed E-state index contributed by atoms with van der Waals surface area (Å²) in [6.45, 7) is 2.80. The summed E-state index contributed by atoms with van der Waals surface area (Å²) in [6, 6.07) is 7.66. The van der Waals surface area contributed by atoms with Crippen molar-refractivity contribution in [2.24, 2.45) is 0 Å². The smallest absolute Gasteiger partial charge is 0.227 e. The highest BCUT2D eigenvalue weighted by atomic mass is 16.5. The standard InChI is InChI=1S/C14H20N2O3/c1-18-10-11-3-2-4-12(7-11)16-14(17)8-13-9-15-5-6-19-13/h2-4,7,13,15H,5-6,8-10H2,1H3,(H,16,17).